The minimum atomic E-state index is 0.854. The Bertz CT molecular complexity index is 316. The van der Waals surface area contributed by atoms with Crippen LogP contribution in [0, 0.1) is 5.92 Å². The van der Waals surface area contributed by atoms with Crippen LogP contribution in [0.15, 0.2) is 12.5 Å². The van der Waals surface area contributed by atoms with Crippen LogP contribution in [0.4, 0.5) is 0 Å². The molecule has 0 amide bonds. The molecule has 0 atom stereocenters. The van der Waals surface area contributed by atoms with Crippen LogP contribution in [0.2, 0.25) is 0 Å². The molecule has 2 nitrogen and oxygen atoms in total. The molecule has 0 spiro atoms. The second kappa shape index (κ2) is 14.8. The van der Waals surface area contributed by atoms with Crippen molar-refractivity contribution in [1.82, 2.24) is 9.97 Å². The van der Waals surface area contributed by atoms with Crippen LogP contribution in [0.1, 0.15) is 109 Å². The van der Waals surface area contributed by atoms with Crippen molar-refractivity contribution in [2.24, 2.45) is 5.92 Å². The third-order valence-corrected chi connectivity index (χ3v) is 5.00. The first-order valence-electron chi connectivity index (χ1n) is 10.3. The Morgan fingerprint density at radius 1 is 0.783 bits per heavy atom. The fourth-order valence-corrected chi connectivity index (χ4v) is 3.48. The smallest absolute Gasteiger partial charge is 0.0921 e. The molecule has 0 aliphatic carbocycles. The van der Waals surface area contributed by atoms with Crippen molar-refractivity contribution in [3.63, 3.8) is 0 Å². The number of rotatable bonds is 16. The van der Waals surface area contributed by atoms with Gasteiger partial charge in [-0.25, -0.2) is 4.98 Å². The number of H-pyrrole nitrogens is 1. The van der Waals surface area contributed by atoms with Crippen molar-refractivity contribution in [3.05, 3.63) is 18.2 Å². The summed E-state index contributed by atoms with van der Waals surface area (Å²) in [5.41, 5.74) is 1.33. The fraction of sp³-hybridized carbons (Fsp3) is 0.857. The van der Waals surface area contributed by atoms with Gasteiger partial charge in [0.25, 0.3) is 0 Å². The number of nitrogens with zero attached hydrogens (tertiary/aromatic N) is 1. The summed E-state index contributed by atoms with van der Waals surface area (Å²) in [5.74, 6) is 0.854. The van der Waals surface area contributed by atoms with E-state index in [0.29, 0.717) is 0 Å². The molecule has 0 aromatic carbocycles. The molecule has 1 aromatic heterocycles. The summed E-state index contributed by atoms with van der Waals surface area (Å²) in [6, 6.07) is 0. The predicted molar refractivity (Wildman–Crippen MR) is 102 cm³/mol. The quantitative estimate of drug-likeness (QED) is 0.324. The maximum atomic E-state index is 4.18. The van der Waals surface area contributed by atoms with Crippen molar-refractivity contribution >= 4 is 0 Å². The minimum absolute atomic E-state index is 0.854. The summed E-state index contributed by atoms with van der Waals surface area (Å²) in [7, 11) is 0. The number of unbranched alkanes of at least 4 members (excludes halogenated alkanes) is 10. The van der Waals surface area contributed by atoms with Gasteiger partial charge in [-0.3, -0.25) is 0 Å². The Balaban J connectivity index is 2.17. The van der Waals surface area contributed by atoms with E-state index in [0.717, 1.165) is 5.92 Å². The number of hydrogen-bond donors (Lipinski definition) is 1. The van der Waals surface area contributed by atoms with E-state index in [9.17, 15) is 0 Å². The zero-order valence-corrected chi connectivity index (χ0v) is 15.8. The van der Waals surface area contributed by atoms with E-state index in [-0.39, 0.29) is 0 Å². The van der Waals surface area contributed by atoms with Crippen molar-refractivity contribution in [2.45, 2.75) is 110 Å². The second-order valence-corrected chi connectivity index (χ2v) is 7.26. The zero-order valence-electron chi connectivity index (χ0n) is 15.8. The van der Waals surface area contributed by atoms with Gasteiger partial charge >= 0.3 is 0 Å². The zero-order chi connectivity index (χ0) is 16.6. The molecule has 0 saturated carbocycles. The molecule has 134 valence electrons. The van der Waals surface area contributed by atoms with Gasteiger partial charge in [0, 0.05) is 11.9 Å². The number of aromatic nitrogens is 2. The largest absolute Gasteiger partial charge is 0.348 e. The summed E-state index contributed by atoms with van der Waals surface area (Å²) in [6.07, 6.45) is 24.8. The predicted octanol–water partition coefficient (Wildman–Crippen LogP) is 7.07. The van der Waals surface area contributed by atoms with Crippen LogP contribution < -0.4 is 0 Å². The molecule has 0 radical (unpaired) electrons. The van der Waals surface area contributed by atoms with E-state index < -0.39 is 0 Å². The Morgan fingerprint density at radius 2 is 1.30 bits per heavy atom. The molecular weight excluding hydrogens is 280 g/mol. The summed E-state index contributed by atoms with van der Waals surface area (Å²) in [4.78, 5) is 7.47. The Hall–Kier alpha value is -0.790. The van der Waals surface area contributed by atoms with Crippen LogP contribution in [0.5, 0.6) is 0 Å². The van der Waals surface area contributed by atoms with Gasteiger partial charge < -0.3 is 4.98 Å². The second-order valence-electron chi connectivity index (χ2n) is 7.26. The molecule has 0 saturated heterocycles. The van der Waals surface area contributed by atoms with Gasteiger partial charge in [-0.15, -0.1) is 0 Å². The van der Waals surface area contributed by atoms with Crippen LogP contribution in [-0.4, -0.2) is 9.97 Å². The van der Waals surface area contributed by atoms with Crippen LogP contribution in [0.3, 0.4) is 0 Å². The summed E-state index contributed by atoms with van der Waals surface area (Å²) in [5, 5.41) is 0. The van der Waals surface area contributed by atoms with Gasteiger partial charge in [0.15, 0.2) is 0 Å². The fourth-order valence-electron chi connectivity index (χ4n) is 3.48. The molecule has 0 unspecified atom stereocenters. The summed E-state index contributed by atoms with van der Waals surface area (Å²) < 4.78 is 0. The average molecular weight is 321 g/mol. The molecule has 1 N–H and O–H groups in total. The third kappa shape index (κ3) is 11.4. The summed E-state index contributed by atoms with van der Waals surface area (Å²) in [6.45, 7) is 4.59. The lowest BCUT2D eigenvalue weighted by Gasteiger charge is -2.16. The Labute approximate surface area is 144 Å². The molecule has 23 heavy (non-hydrogen) atoms. The maximum absolute atomic E-state index is 4.18. The lowest BCUT2D eigenvalue weighted by atomic mass is 9.90. The van der Waals surface area contributed by atoms with Gasteiger partial charge in [0.1, 0.15) is 0 Å². The number of hydrogen-bond acceptors (Lipinski definition) is 1. The van der Waals surface area contributed by atoms with Gasteiger partial charge in [-0.1, -0.05) is 104 Å². The number of aromatic amines is 1. The van der Waals surface area contributed by atoms with Crippen molar-refractivity contribution in [3.8, 4) is 0 Å². The monoisotopic (exact) mass is 320 g/mol. The van der Waals surface area contributed by atoms with Crippen molar-refractivity contribution in [2.75, 3.05) is 0 Å². The lowest BCUT2D eigenvalue weighted by molar-refractivity contribution is 0.398. The first kappa shape index (κ1) is 20.3. The van der Waals surface area contributed by atoms with Gasteiger partial charge in [-0.05, 0) is 12.3 Å². The minimum Gasteiger partial charge on any atom is -0.348 e. The Morgan fingerprint density at radius 3 is 1.78 bits per heavy atom. The van der Waals surface area contributed by atoms with Gasteiger partial charge in [0.2, 0.25) is 0 Å². The normalized spacial score (nSPS) is 11.4. The van der Waals surface area contributed by atoms with Crippen molar-refractivity contribution in [1.29, 1.82) is 0 Å². The molecule has 1 rings (SSSR count). The highest BCUT2D eigenvalue weighted by atomic mass is 14.9. The third-order valence-electron chi connectivity index (χ3n) is 5.00. The molecule has 1 aromatic rings. The van der Waals surface area contributed by atoms with E-state index in [1.54, 1.807) is 0 Å². The molecule has 0 fully saturated rings. The van der Waals surface area contributed by atoms with E-state index in [4.69, 9.17) is 0 Å². The SMILES string of the molecule is CCCCCCCCC(CCCCCCCC)Cc1cnc[nH]1. The highest BCUT2D eigenvalue weighted by Gasteiger charge is 2.10. The molecule has 1 heterocycles. The van der Waals surface area contributed by atoms with Crippen molar-refractivity contribution < 1.29 is 0 Å². The van der Waals surface area contributed by atoms with Crippen LogP contribution in [0.25, 0.3) is 0 Å². The Kier molecular flexibility index (Phi) is 13.0. The molecule has 0 aliphatic rings. The highest BCUT2D eigenvalue weighted by molar-refractivity contribution is 4.95. The maximum Gasteiger partial charge on any atom is 0.0921 e. The average Bonchev–Trinajstić information content (AvgIpc) is 3.06. The van der Waals surface area contributed by atoms with E-state index in [1.807, 2.05) is 12.5 Å². The summed E-state index contributed by atoms with van der Waals surface area (Å²) >= 11 is 0. The van der Waals surface area contributed by atoms with E-state index in [1.165, 1.54) is 102 Å². The van der Waals surface area contributed by atoms with Gasteiger partial charge in [-0.2, -0.15) is 0 Å². The number of imidazole rings is 1. The van der Waals surface area contributed by atoms with Crippen LogP contribution in [-0.2, 0) is 6.42 Å². The molecular formula is C21H40N2. The topological polar surface area (TPSA) is 28.7 Å². The molecule has 0 aliphatic heterocycles. The first-order chi connectivity index (χ1) is 11.4. The standard InChI is InChI=1S/C21H40N2/c1-3-5-7-9-11-13-15-20(17-21-18-22-19-23-21)16-14-12-10-8-6-4-2/h18-20H,3-17H2,1-2H3,(H,22,23). The highest BCUT2D eigenvalue weighted by Crippen LogP contribution is 2.22. The first-order valence-corrected chi connectivity index (χ1v) is 10.3. The number of nitrogens with one attached hydrogen (secondary N) is 1. The lowest BCUT2D eigenvalue weighted by Crippen LogP contribution is -2.05. The molecule has 2 heteroatoms. The molecule has 0 bridgehead atoms. The van der Waals surface area contributed by atoms with Crippen LogP contribution >= 0.6 is 0 Å². The van der Waals surface area contributed by atoms with Gasteiger partial charge in [0.05, 0.1) is 6.33 Å². The van der Waals surface area contributed by atoms with E-state index in [2.05, 4.69) is 23.8 Å². The van der Waals surface area contributed by atoms with E-state index >= 15 is 0 Å².